The van der Waals surface area contributed by atoms with E-state index in [1.54, 1.807) is 19.2 Å². The van der Waals surface area contributed by atoms with Crippen molar-refractivity contribution in [3.05, 3.63) is 35.6 Å². The first-order valence-electron chi connectivity index (χ1n) is 7.74. The number of hydrogen-bond donors (Lipinski definition) is 1. The van der Waals surface area contributed by atoms with E-state index in [-0.39, 0.29) is 5.57 Å². The van der Waals surface area contributed by atoms with Gasteiger partial charge < -0.3 is 19.2 Å². The summed E-state index contributed by atoms with van der Waals surface area (Å²) in [7, 11) is 1.56. The van der Waals surface area contributed by atoms with E-state index >= 15 is 0 Å². The van der Waals surface area contributed by atoms with Crippen LogP contribution >= 0.6 is 0 Å². The van der Waals surface area contributed by atoms with Crippen molar-refractivity contribution in [2.45, 2.75) is 13.3 Å². The van der Waals surface area contributed by atoms with Crippen LogP contribution in [0.3, 0.4) is 0 Å². The Balaban J connectivity index is 2.09. The molecule has 0 atom stereocenters. The van der Waals surface area contributed by atoms with Gasteiger partial charge in [-0.15, -0.1) is 0 Å². The first-order chi connectivity index (χ1) is 11.7. The van der Waals surface area contributed by atoms with E-state index in [9.17, 15) is 10.1 Å². The van der Waals surface area contributed by atoms with Gasteiger partial charge >= 0.3 is 0 Å². The first kappa shape index (κ1) is 17.6. The van der Waals surface area contributed by atoms with Crippen LogP contribution in [0.4, 0.5) is 0 Å². The minimum Gasteiger partial charge on any atom is -0.493 e. The van der Waals surface area contributed by atoms with Crippen LogP contribution in [0.15, 0.2) is 34.3 Å². The summed E-state index contributed by atoms with van der Waals surface area (Å²) in [6.45, 7) is 3.59. The second-order valence-electron chi connectivity index (χ2n) is 5.00. The van der Waals surface area contributed by atoms with Crippen molar-refractivity contribution in [1.82, 2.24) is 5.32 Å². The Morgan fingerprint density at radius 3 is 3.00 bits per heavy atom. The molecule has 0 bridgehead atoms. The molecule has 126 valence electrons. The number of furan rings is 1. The summed E-state index contributed by atoms with van der Waals surface area (Å²) in [6, 6.07) is 9.17. The summed E-state index contributed by atoms with van der Waals surface area (Å²) < 4.78 is 16.1. The van der Waals surface area contributed by atoms with Crippen LogP contribution < -0.4 is 10.1 Å². The van der Waals surface area contributed by atoms with Crippen molar-refractivity contribution in [3.8, 4) is 11.8 Å². The van der Waals surface area contributed by atoms with Crippen LogP contribution in [0.2, 0.25) is 0 Å². The predicted molar refractivity (Wildman–Crippen MR) is 90.5 cm³/mol. The molecular formula is C18H20N2O4. The standard InChI is InChI=1S/C18H20N2O4/c1-3-23-9-5-8-20-18(21)14(12-19)11-15-10-13-6-4-7-16(22-2)17(13)24-15/h4,6-7,10-11H,3,5,8-9H2,1-2H3,(H,20,21)/b14-11+. The monoisotopic (exact) mass is 328 g/mol. The molecule has 1 N–H and O–H groups in total. The number of carbonyl (C=O) groups excluding carboxylic acids is 1. The molecule has 2 aromatic rings. The zero-order valence-corrected chi connectivity index (χ0v) is 13.8. The number of para-hydroxylation sites is 1. The predicted octanol–water partition coefficient (Wildman–Crippen LogP) is 2.89. The van der Waals surface area contributed by atoms with Gasteiger partial charge in [0.2, 0.25) is 0 Å². The fourth-order valence-electron chi connectivity index (χ4n) is 2.19. The molecule has 1 aromatic heterocycles. The normalized spacial score (nSPS) is 11.3. The van der Waals surface area contributed by atoms with Crippen molar-refractivity contribution in [3.63, 3.8) is 0 Å². The highest BCUT2D eigenvalue weighted by molar-refractivity contribution is 6.01. The molecule has 0 aliphatic heterocycles. The van der Waals surface area contributed by atoms with Crippen molar-refractivity contribution >= 4 is 23.0 Å². The smallest absolute Gasteiger partial charge is 0.262 e. The van der Waals surface area contributed by atoms with Crippen LogP contribution in [-0.4, -0.2) is 32.8 Å². The van der Waals surface area contributed by atoms with Gasteiger partial charge in [0.15, 0.2) is 11.3 Å². The summed E-state index contributed by atoms with van der Waals surface area (Å²) in [5.74, 6) is 0.600. The Labute approximate surface area is 140 Å². The van der Waals surface area contributed by atoms with Gasteiger partial charge in [-0.1, -0.05) is 12.1 Å². The number of ether oxygens (including phenoxy) is 2. The van der Waals surface area contributed by atoms with Gasteiger partial charge in [-0.2, -0.15) is 5.26 Å². The number of hydrogen-bond acceptors (Lipinski definition) is 5. The third-order valence-corrected chi connectivity index (χ3v) is 3.35. The van der Waals surface area contributed by atoms with Crippen LogP contribution in [0.1, 0.15) is 19.1 Å². The quantitative estimate of drug-likeness (QED) is 0.457. The molecule has 1 heterocycles. The maximum atomic E-state index is 12.0. The molecule has 0 aliphatic rings. The first-order valence-corrected chi connectivity index (χ1v) is 7.74. The number of methoxy groups -OCH3 is 1. The molecule has 0 aliphatic carbocycles. The number of nitriles is 1. The lowest BCUT2D eigenvalue weighted by molar-refractivity contribution is -0.117. The molecule has 0 fully saturated rings. The maximum Gasteiger partial charge on any atom is 0.262 e. The van der Waals surface area contributed by atoms with Crippen LogP contribution in [0, 0.1) is 11.3 Å². The van der Waals surface area contributed by atoms with E-state index in [0.29, 0.717) is 43.3 Å². The molecule has 0 unspecified atom stereocenters. The Hall–Kier alpha value is -2.78. The maximum absolute atomic E-state index is 12.0. The number of amides is 1. The molecule has 0 saturated heterocycles. The fourth-order valence-corrected chi connectivity index (χ4v) is 2.19. The van der Waals surface area contributed by atoms with E-state index in [2.05, 4.69) is 5.32 Å². The number of nitrogens with one attached hydrogen (secondary N) is 1. The molecule has 6 heteroatoms. The van der Waals surface area contributed by atoms with Gasteiger partial charge in [-0.3, -0.25) is 4.79 Å². The zero-order valence-electron chi connectivity index (χ0n) is 13.8. The average molecular weight is 328 g/mol. The Morgan fingerprint density at radius 2 is 2.29 bits per heavy atom. The second-order valence-corrected chi connectivity index (χ2v) is 5.00. The molecule has 1 amide bonds. The number of rotatable bonds is 8. The van der Waals surface area contributed by atoms with Crippen LogP contribution in [0.5, 0.6) is 5.75 Å². The molecule has 0 radical (unpaired) electrons. The Morgan fingerprint density at radius 1 is 1.46 bits per heavy atom. The van der Waals surface area contributed by atoms with Crippen LogP contribution in [-0.2, 0) is 9.53 Å². The van der Waals surface area contributed by atoms with E-state index in [1.165, 1.54) is 6.08 Å². The van der Waals surface area contributed by atoms with Crippen molar-refractivity contribution in [2.75, 3.05) is 26.9 Å². The van der Waals surface area contributed by atoms with Crippen molar-refractivity contribution < 1.29 is 18.7 Å². The lowest BCUT2D eigenvalue weighted by Crippen LogP contribution is -2.26. The van der Waals surface area contributed by atoms with E-state index in [0.717, 1.165) is 5.39 Å². The van der Waals surface area contributed by atoms with Gasteiger partial charge in [0.25, 0.3) is 5.91 Å². The molecule has 0 spiro atoms. The summed E-state index contributed by atoms with van der Waals surface area (Å²) in [5, 5.41) is 12.7. The van der Waals surface area contributed by atoms with Gasteiger partial charge in [-0.25, -0.2) is 0 Å². The largest absolute Gasteiger partial charge is 0.493 e. The minimum atomic E-state index is -0.429. The van der Waals surface area contributed by atoms with Gasteiger partial charge in [0, 0.05) is 31.2 Å². The number of benzene rings is 1. The number of nitrogens with zero attached hydrogens (tertiary/aromatic N) is 1. The van der Waals surface area contributed by atoms with Gasteiger partial charge in [-0.05, 0) is 25.5 Å². The lowest BCUT2D eigenvalue weighted by Gasteiger charge is -2.04. The Bertz CT molecular complexity index is 771. The zero-order chi connectivity index (χ0) is 17.4. The third kappa shape index (κ3) is 4.37. The number of fused-ring (bicyclic) bond motifs is 1. The molecule has 0 saturated carbocycles. The number of carbonyl (C=O) groups is 1. The van der Waals surface area contributed by atoms with Crippen LogP contribution in [0.25, 0.3) is 17.0 Å². The SMILES string of the molecule is CCOCCCNC(=O)/C(C#N)=C/c1cc2cccc(OC)c2o1. The topological polar surface area (TPSA) is 84.5 Å². The van der Waals surface area contributed by atoms with Gasteiger partial charge in [0.05, 0.1) is 7.11 Å². The molecule has 6 nitrogen and oxygen atoms in total. The third-order valence-electron chi connectivity index (χ3n) is 3.35. The van der Waals surface area contributed by atoms with E-state index in [1.807, 2.05) is 25.1 Å². The summed E-state index contributed by atoms with van der Waals surface area (Å²) in [5.41, 5.74) is 0.574. The average Bonchev–Trinajstić information content (AvgIpc) is 3.01. The highest BCUT2D eigenvalue weighted by Crippen LogP contribution is 2.29. The summed E-state index contributed by atoms with van der Waals surface area (Å²) in [4.78, 5) is 12.0. The minimum absolute atomic E-state index is 0.00978. The van der Waals surface area contributed by atoms with Crippen molar-refractivity contribution in [1.29, 1.82) is 5.26 Å². The molecule has 2 rings (SSSR count). The lowest BCUT2D eigenvalue weighted by atomic mass is 10.2. The summed E-state index contributed by atoms with van der Waals surface area (Å²) >= 11 is 0. The Kier molecular flexibility index (Phi) is 6.41. The molecular weight excluding hydrogens is 308 g/mol. The summed E-state index contributed by atoms with van der Waals surface area (Å²) in [6.07, 6.45) is 2.12. The van der Waals surface area contributed by atoms with E-state index < -0.39 is 5.91 Å². The molecule has 24 heavy (non-hydrogen) atoms. The van der Waals surface area contributed by atoms with Gasteiger partial charge in [0.1, 0.15) is 17.4 Å². The second kappa shape index (κ2) is 8.75. The van der Waals surface area contributed by atoms with Crippen molar-refractivity contribution in [2.24, 2.45) is 0 Å². The van der Waals surface area contributed by atoms with E-state index in [4.69, 9.17) is 13.9 Å². The highest BCUT2D eigenvalue weighted by Gasteiger charge is 2.12. The highest BCUT2D eigenvalue weighted by atomic mass is 16.5. The molecule has 1 aromatic carbocycles. The fraction of sp³-hybridized carbons (Fsp3) is 0.333.